The summed E-state index contributed by atoms with van der Waals surface area (Å²) in [5.41, 5.74) is 1.01. The van der Waals surface area contributed by atoms with Gasteiger partial charge in [0.25, 0.3) is 0 Å². The van der Waals surface area contributed by atoms with Crippen LogP contribution in [0.1, 0.15) is 5.56 Å². The Morgan fingerprint density at radius 1 is 1.36 bits per heavy atom. The lowest BCUT2D eigenvalue weighted by Gasteiger charge is -2.26. The summed E-state index contributed by atoms with van der Waals surface area (Å²) in [5, 5.41) is 3.02. The number of carbonyl (C=O) groups is 1. The summed E-state index contributed by atoms with van der Waals surface area (Å²) in [6, 6.07) is 2.64. The lowest BCUT2D eigenvalue weighted by Crippen LogP contribution is -2.45. The fraction of sp³-hybridized carbons (Fsp3) is 0.385. The molecule has 0 unspecified atom stereocenters. The maximum absolute atomic E-state index is 13.5. The number of sulfone groups is 1. The molecule has 1 aromatic carbocycles. The number of halogens is 1. The Morgan fingerprint density at radius 3 is 2.73 bits per heavy atom. The van der Waals surface area contributed by atoms with Crippen LogP contribution in [0.2, 0.25) is 0 Å². The average Bonchev–Trinajstić information content (AvgIpc) is 2.80. The van der Waals surface area contributed by atoms with Gasteiger partial charge in [-0.25, -0.2) is 22.6 Å². The van der Waals surface area contributed by atoms with Gasteiger partial charge in [0.2, 0.25) is 0 Å². The highest BCUT2D eigenvalue weighted by Gasteiger charge is 2.25. The minimum atomic E-state index is -3.03. The van der Waals surface area contributed by atoms with Crippen LogP contribution in [-0.2, 0) is 9.84 Å². The molecule has 1 aromatic heterocycles. The first-order valence-corrected chi connectivity index (χ1v) is 9.31. The number of thiazole rings is 1. The van der Waals surface area contributed by atoms with Crippen LogP contribution in [0, 0.1) is 12.7 Å². The number of benzene rings is 1. The third kappa shape index (κ3) is 3.05. The summed E-state index contributed by atoms with van der Waals surface area (Å²) in [7, 11) is -3.03. The summed E-state index contributed by atoms with van der Waals surface area (Å²) >= 11 is 1.26. The molecule has 6 nitrogen and oxygen atoms in total. The summed E-state index contributed by atoms with van der Waals surface area (Å²) in [6.45, 7) is 2.01. The van der Waals surface area contributed by atoms with Crippen LogP contribution in [0.4, 0.5) is 14.3 Å². The Bertz CT molecular complexity index is 795. The number of hydrogen-bond donors (Lipinski definition) is 1. The van der Waals surface area contributed by atoms with Gasteiger partial charge in [-0.2, -0.15) is 0 Å². The topological polar surface area (TPSA) is 79.4 Å². The number of hydrogen-bond acceptors (Lipinski definition) is 5. The zero-order valence-electron chi connectivity index (χ0n) is 11.8. The van der Waals surface area contributed by atoms with Crippen molar-refractivity contribution in [3.05, 3.63) is 23.5 Å². The fourth-order valence-electron chi connectivity index (χ4n) is 2.19. The van der Waals surface area contributed by atoms with E-state index in [0.29, 0.717) is 16.2 Å². The van der Waals surface area contributed by atoms with E-state index in [-0.39, 0.29) is 36.4 Å². The standard InChI is InChI=1S/C13H14FN3O3S2/c1-8-6-11-10(7-9(8)14)15-12(21-11)16-13(18)17-2-4-22(19,20)5-3-17/h6-7H,2-5H2,1H3,(H,15,16,18). The van der Waals surface area contributed by atoms with Gasteiger partial charge in [0.05, 0.1) is 21.7 Å². The molecule has 0 spiro atoms. The van der Waals surface area contributed by atoms with E-state index >= 15 is 0 Å². The smallest absolute Gasteiger partial charge is 0.322 e. The van der Waals surface area contributed by atoms with Crippen LogP contribution in [-0.4, -0.2) is 48.9 Å². The summed E-state index contributed by atoms with van der Waals surface area (Å²) in [6.07, 6.45) is 0. The van der Waals surface area contributed by atoms with Crippen molar-refractivity contribution in [3.8, 4) is 0 Å². The van der Waals surface area contributed by atoms with Crippen LogP contribution < -0.4 is 5.32 Å². The number of carbonyl (C=O) groups excluding carboxylic acids is 1. The molecular formula is C13H14FN3O3S2. The molecule has 1 aliphatic rings. The van der Waals surface area contributed by atoms with E-state index < -0.39 is 9.84 Å². The SMILES string of the molecule is Cc1cc2sc(NC(=O)N3CCS(=O)(=O)CC3)nc2cc1F. The normalized spacial score (nSPS) is 17.6. The van der Waals surface area contributed by atoms with Gasteiger partial charge in [-0.3, -0.25) is 5.32 Å². The van der Waals surface area contributed by atoms with Crippen LogP contribution in [0.25, 0.3) is 10.2 Å². The third-order valence-electron chi connectivity index (χ3n) is 3.51. The van der Waals surface area contributed by atoms with Gasteiger partial charge in [-0.15, -0.1) is 0 Å². The van der Waals surface area contributed by atoms with Crippen molar-refractivity contribution in [3.63, 3.8) is 0 Å². The van der Waals surface area contributed by atoms with Crippen molar-refractivity contribution in [2.75, 3.05) is 29.9 Å². The molecule has 3 rings (SSSR count). The highest BCUT2D eigenvalue weighted by atomic mass is 32.2. The van der Waals surface area contributed by atoms with Gasteiger partial charge < -0.3 is 4.90 Å². The number of aromatic nitrogens is 1. The maximum atomic E-state index is 13.5. The van der Waals surface area contributed by atoms with Crippen molar-refractivity contribution in [1.82, 2.24) is 9.88 Å². The Labute approximate surface area is 130 Å². The first kappa shape index (κ1) is 15.2. The van der Waals surface area contributed by atoms with Gasteiger partial charge >= 0.3 is 6.03 Å². The second-order valence-corrected chi connectivity index (χ2v) is 8.49. The van der Waals surface area contributed by atoms with Gasteiger partial charge in [0, 0.05) is 19.2 Å². The Kier molecular flexibility index (Phi) is 3.77. The molecule has 0 radical (unpaired) electrons. The van der Waals surface area contributed by atoms with E-state index in [1.54, 1.807) is 13.0 Å². The summed E-state index contributed by atoms with van der Waals surface area (Å²) in [4.78, 5) is 17.7. The van der Waals surface area contributed by atoms with Crippen molar-refractivity contribution >= 4 is 42.6 Å². The van der Waals surface area contributed by atoms with Crippen LogP contribution >= 0.6 is 11.3 Å². The third-order valence-corrected chi connectivity index (χ3v) is 6.06. The lowest BCUT2D eigenvalue weighted by atomic mass is 10.2. The van der Waals surface area contributed by atoms with Crippen molar-refractivity contribution in [2.45, 2.75) is 6.92 Å². The quantitative estimate of drug-likeness (QED) is 0.859. The average molecular weight is 343 g/mol. The fourth-order valence-corrected chi connectivity index (χ4v) is 4.33. The highest BCUT2D eigenvalue weighted by molar-refractivity contribution is 7.91. The van der Waals surface area contributed by atoms with E-state index in [1.165, 1.54) is 22.3 Å². The Hall–Kier alpha value is -1.74. The number of amides is 2. The first-order chi connectivity index (χ1) is 10.3. The molecule has 1 fully saturated rings. The molecule has 2 heterocycles. The zero-order valence-corrected chi connectivity index (χ0v) is 13.4. The van der Waals surface area contributed by atoms with E-state index in [1.807, 2.05) is 0 Å². The number of rotatable bonds is 1. The van der Waals surface area contributed by atoms with Gasteiger partial charge in [0.1, 0.15) is 5.82 Å². The monoisotopic (exact) mass is 343 g/mol. The highest BCUT2D eigenvalue weighted by Crippen LogP contribution is 2.28. The maximum Gasteiger partial charge on any atom is 0.323 e. The number of aryl methyl sites for hydroxylation is 1. The van der Waals surface area contributed by atoms with E-state index in [9.17, 15) is 17.6 Å². The molecule has 22 heavy (non-hydrogen) atoms. The Balaban J connectivity index is 1.74. The molecule has 0 bridgehead atoms. The first-order valence-electron chi connectivity index (χ1n) is 6.67. The molecule has 2 amide bonds. The van der Waals surface area contributed by atoms with Crippen molar-refractivity contribution in [2.24, 2.45) is 0 Å². The van der Waals surface area contributed by atoms with Crippen LogP contribution in [0.3, 0.4) is 0 Å². The van der Waals surface area contributed by atoms with Gasteiger partial charge in [0.15, 0.2) is 15.0 Å². The lowest BCUT2D eigenvalue weighted by molar-refractivity contribution is 0.216. The van der Waals surface area contributed by atoms with E-state index in [2.05, 4.69) is 10.3 Å². The Morgan fingerprint density at radius 2 is 2.05 bits per heavy atom. The molecule has 118 valence electrons. The number of fused-ring (bicyclic) bond motifs is 1. The predicted octanol–water partition coefficient (Wildman–Crippen LogP) is 2.01. The van der Waals surface area contributed by atoms with Gasteiger partial charge in [-0.05, 0) is 18.6 Å². The molecule has 2 aromatic rings. The second-order valence-electron chi connectivity index (χ2n) is 5.16. The number of anilines is 1. The largest absolute Gasteiger partial charge is 0.323 e. The number of urea groups is 1. The molecule has 0 atom stereocenters. The number of nitrogens with zero attached hydrogens (tertiary/aromatic N) is 2. The minimum absolute atomic E-state index is 0.0231. The van der Waals surface area contributed by atoms with Gasteiger partial charge in [-0.1, -0.05) is 11.3 Å². The minimum Gasteiger partial charge on any atom is -0.322 e. The van der Waals surface area contributed by atoms with E-state index in [4.69, 9.17) is 0 Å². The summed E-state index contributed by atoms with van der Waals surface area (Å²) < 4.78 is 37.0. The molecular weight excluding hydrogens is 329 g/mol. The van der Waals surface area contributed by atoms with E-state index in [0.717, 1.165) is 4.70 Å². The molecule has 0 aliphatic carbocycles. The zero-order chi connectivity index (χ0) is 15.9. The van der Waals surface area contributed by atoms with Crippen molar-refractivity contribution in [1.29, 1.82) is 0 Å². The van der Waals surface area contributed by atoms with Crippen LogP contribution in [0.15, 0.2) is 12.1 Å². The predicted molar refractivity (Wildman–Crippen MR) is 83.6 cm³/mol. The molecule has 1 N–H and O–H groups in total. The number of nitrogens with one attached hydrogen (secondary N) is 1. The molecule has 0 saturated carbocycles. The molecule has 1 saturated heterocycles. The molecule has 1 aliphatic heterocycles. The second kappa shape index (κ2) is 5.47. The molecule has 9 heteroatoms. The van der Waals surface area contributed by atoms with Crippen molar-refractivity contribution < 1.29 is 17.6 Å². The summed E-state index contributed by atoms with van der Waals surface area (Å²) in [5.74, 6) is -0.382. The van der Waals surface area contributed by atoms with Crippen LogP contribution in [0.5, 0.6) is 0 Å².